The minimum atomic E-state index is -0.111. The molecule has 0 saturated heterocycles. The number of carbonyl (C=O) groups excluding carboxylic acids is 1. The molecule has 0 aromatic carbocycles. The van der Waals surface area contributed by atoms with Crippen molar-refractivity contribution in [1.82, 2.24) is 19.7 Å². The molecule has 0 spiro atoms. The number of carbonyl (C=O) groups is 1. The van der Waals surface area contributed by atoms with Crippen LogP contribution in [-0.4, -0.2) is 32.8 Å². The summed E-state index contributed by atoms with van der Waals surface area (Å²) in [7, 11) is 1.57. The number of H-pyrrole nitrogens is 1. The molecule has 0 bridgehead atoms. The van der Waals surface area contributed by atoms with E-state index in [1.807, 2.05) is 26.0 Å². The third-order valence-corrected chi connectivity index (χ3v) is 3.04. The molecule has 2 rings (SSSR count). The van der Waals surface area contributed by atoms with Crippen molar-refractivity contribution in [3.8, 4) is 0 Å². The van der Waals surface area contributed by atoms with Gasteiger partial charge >= 0.3 is 0 Å². The van der Waals surface area contributed by atoms with Gasteiger partial charge in [0.2, 0.25) is 11.9 Å². The fraction of sp³-hybridized carbons (Fsp3) is 0.462. The third kappa shape index (κ3) is 3.45. The van der Waals surface area contributed by atoms with Gasteiger partial charge in [0.25, 0.3) is 0 Å². The van der Waals surface area contributed by atoms with E-state index in [-0.39, 0.29) is 11.9 Å². The molecule has 1 amide bonds. The molecule has 2 aromatic rings. The maximum absolute atomic E-state index is 11.8. The van der Waals surface area contributed by atoms with Crippen molar-refractivity contribution in [2.45, 2.75) is 33.4 Å². The van der Waals surface area contributed by atoms with Crippen molar-refractivity contribution >= 4 is 11.9 Å². The number of rotatable bonds is 6. The van der Waals surface area contributed by atoms with Crippen LogP contribution in [0, 0.1) is 13.8 Å². The molecule has 0 saturated carbocycles. The van der Waals surface area contributed by atoms with Crippen LogP contribution in [0.1, 0.15) is 23.6 Å². The summed E-state index contributed by atoms with van der Waals surface area (Å²) in [6.45, 7) is 5.03. The van der Waals surface area contributed by atoms with Crippen LogP contribution in [0.4, 0.5) is 5.95 Å². The summed E-state index contributed by atoms with van der Waals surface area (Å²) >= 11 is 0. The number of hydrogen-bond acceptors (Lipinski definition) is 4. The van der Waals surface area contributed by atoms with Gasteiger partial charge in [0.05, 0.1) is 0 Å². The fourth-order valence-corrected chi connectivity index (χ4v) is 2.01. The molecule has 2 N–H and O–H groups in total. The number of aryl methyl sites for hydroxylation is 2. The third-order valence-electron chi connectivity index (χ3n) is 3.04. The van der Waals surface area contributed by atoms with Crippen molar-refractivity contribution in [1.29, 1.82) is 0 Å². The summed E-state index contributed by atoms with van der Waals surface area (Å²) in [6.07, 6.45) is 0.379. The molecule has 0 unspecified atom stereocenters. The molecule has 0 radical (unpaired) electrons. The Morgan fingerprint density at radius 2 is 2.10 bits per heavy atom. The number of aromatic amines is 1. The quantitative estimate of drug-likeness (QED) is 0.835. The number of ether oxygens (including phenoxy) is 1. The molecule has 0 aliphatic carbocycles. The maximum atomic E-state index is 11.8. The Hall–Kier alpha value is -2.15. The first-order valence-electron chi connectivity index (χ1n) is 6.43. The lowest BCUT2D eigenvalue weighted by atomic mass is 10.3. The van der Waals surface area contributed by atoms with Crippen LogP contribution in [0.25, 0.3) is 0 Å². The summed E-state index contributed by atoms with van der Waals surface area (Å²) in [5.41, 5.74) is 2.30. The van der Waals surface area contributed by atoms with E-state index < -0.39 is 0 Å². The van der Waals surface area contributed by atoms with E-state index in [0.717, 1.165) is 11.4 Å². The molecular formula is C13H19N5O2. The summed E-state index contributed by atoms with van der Waals surface area (Å²) in [5.74, 6) is 0.753. The molecule has 7 heteroatoms. The molecule has 20 heavy (non-hydrogen) atoms. The van der Waals surface area contributed by atoms with Crippen LogP contribution in [0.15, 0.2) is 12.1 Å². The second-order valence-corrected chi connectivity index (χ2v) is 4.60. The average Bonchev–Trinajstić information content (AvgIpc) is 2.96. The predicted octanol–water partition coefficient (Wildman–Crippen LogP) is 1.40. The molecule has 2 heterocycles. The molecule has 108 valence electrons. The second kappa shape index (κ2) is 6.33. The van der Waals surface area contributed by atoms with E-state index in [1.165, 1.54) is 0 Å². The Labute approximate surface area is 117 Å². The number of hydrogen-bond donors (Lipinski definition) is 2. The smallest absolute Gasteiger partial charge is 0.248 e. The number of aromatic nitrogens is 4. The van der Waals surface area contributed by atoms with Gasteiger partial charge in [-0.25, -0.2) is 0 Å². The van der Waals surface area contributed by atoms with Gasteiger partial charge in [0, 0.05) is 31.5 Å². The first kappa shape index (κ1) is 14.3. The van der Waals surface area contributed by atoms with Gasteiger partial charge in [-0.2, -0.15) is 4.98 Å². The predicted molar refractivity (Wildman–Crippen MR) is 74.2 cm³/mol. The lowest BCUT2D eigenvalue weighted by molar-refractivity contribution is -0.116. The number of nitrogens with zero attached hydrogens (tertiary/aromatic N) is 3. The molecular weight excluding hydrogens is 258 g/mol. The van der Waals surface area contributed by atoms with Gasteiger partial charge in [-0.15, -0.1) is 5.10 Å². The standard InChI is InChI=1S/C13H19N5O2/c1-9-4-5-10(2)18(9)7-6-12(19)15-13-14-11(8-20-3)16-17-13/h4-5H,6-8H2,1-3H3,(H2,14,15,16,17,19). The van der Waals surface area contributed by atoms with Crippen molar-refractivity contribution < 1.29 is 9.53 Å². The zero-order chi connectivity index (χ0) is 14.5. The van der Waals surface area contributed by atoms with Gasteiger partial charge in [0.1, 0.15) is 6.61 Å². The summed E-state index contributed by atoms with van der Waals surface area (Å²) in [6, 6.07) is 4.08. The van der Waals surface area contributed by atoms with Crippen molar-refractivity contribution in [2.24, 2.45) is 0 Å². The van der Waals surface area contributed by atoms with Crippen LogP contribution in [0.2, 0.25) is 0 Å². The molecule has 0 fully saturated rings. The first-order valence-corrected chi connectivity index (χ1v) is 6.43. The molecule has 2 aromatic heterocycles. The molecule has 0 aliphatic heterocycles. The summed E-state index contributed by atoms with van der Waals surface area (Å²) in [5, 5.41) is 9.25. The van der Waals surface area contributed by atoms with Crippen LogP contribution in [0.3, 0.4) is 0 Å². The van der Waals surface area contributed by atoms with Gasteiger partial charge in [-0.05, 0) is 26.0 Å². The van der Waals surface area contributed by atoms with Crippen LogP contribution >= 0.6 is 0 Å². The van der Waals surface area contributed by atoms with E-state index in [1.54, 1.807) is 7.11 Å². The van der Waals surface area contributed by atoms with E-state index >= 15 is 0 Å². The normalized spacial score (nSPS) is 10.8. The van der Waals surface area contributed by atoms with Crippen LogP contribution in [-0.2, 0) is 22.7 Å². The van der Waals surface area contributed by atoms with Gasteiger partial charge in [0.15, 0.2) is 5.82 Å². The Morgan fingerprint density at radius 1 is 1.40 bits per heavy atom. The summed E-state index contributed by atoms with van der Waals surface area (Å²) < 4.78 is 7.02. The minimum absolute atomic E-state index is 0.111. The Kier molecular flexibility index (Phi) is 4.52. The van der Waals surface area contributed by atoms with Gasteiger partial charge < -0.3 is 9.30 Å². The highest BCUT2D eigenvalue weighted by molar-refractivity contribution is 5.88. The maximum Gasteiger partial charge on any atom is 0.248 e. The fourth-order valence-electron chi connectivity index (χ4n) is 2.01. The minimum Gasteiger partial charge on any atom is -0.377 e. The van der Waals surface area contributed by atoms with E-state index in [9.17, 15) is 4.79 Å². The summed E-state index contributed by atoms with van der Waals surface area (Å²) in [4.78, 5) is 15.9. The zero-order valence-corrected chi connectivity index (χ0v) is 11.9. The Morgan fingerprint density at radius 3 is 2.75 bits per heavy atom. The lowest BCUT2D eigenvalue weighted by Gasteiger charge is -2.08. The van der Waals surface area contributed by atoms with E-state index in [2.05, 4.69) is 25.1 Å². The number of anilines is 1. The van der Waals surface area contributed by atoms with Crippen LogP contribution in [0.5, 0.6) is 0 Å². The number of nitrogens with one attached hydrogen (secondary N) is 2. The number of amides is 1. The first-order chi connectivity index (χ1) is 9.60. The molecule has 0 aliphatic rings. The molecule has 0 atom stereocenters. The zero-order valence-electron chi connectivity index (χ0n) is 11.9. The van der Waals surface area contributed by atoms with E-state index in [0.29, 0.717) is 25.4 Å². The average molecular weight is 277 g/mol. The highest BCUT2D eigenvalue weighted by Gasteiger charge is 2.09. The SMILES string of the molecule is COCc1nc(NC(=O)CCn2c(C)ccc2C)n[nH]1. The second-order valence-electron chi connectivity index (χ2n) is 4.60. The number of methoxy groups -OCH3 is 1. The lowest BCUT2D eigenvalue weighted by Crippen LogP contribution is -2.16. The topological polar surface area (TPSA) is 84.8 Å². The monoisotopic (exact) mass is 277 g/mol. The van der Waals surface area contributed by atoms with Crippen molar-refractivity contribution in [3.05, 3.63) is 29.3 Å². The molecule has 7 nitrogen and oxygen atoms in total. The van der Waals surface area contributed by atoms with Crippen molar-refractivity contribution in [2.75, 3.05) is 12.4 Å². The highest BCUT2D eigenvalue weighted by atomic mass is 16.5. The van der Waals surface area contributed by atoms with Gasteiger partial charge in [-0.3, -0.25) is 15.2 Å². The largest absolute Gasteiger partial charge is 0.377 e. The van der Waals surface area contributed by atoms with E-state index in [4.69, 9.17) is 4.74 Å². The van der Waals surface area contributed by atoms with Gasteiger partial charge in [-0.1, -0.05) is 0 Å². The Bertz CT molecular complexity index is 568. The van der Waals surface area contributed by atoms with Crippen molar-refractivity contribution in [3.63, 3.8) is 0 Å². The highest BCUT2D eigenvalue weighted by Crippen LogP contribution is 2.08. The van der Waals surface area contributed by atoms with Crippen LogP contribution < -0.4 is 5.32 Å². The Balaban J connectivity index is 1.86.